The topological polar surface area (TPSA) is 105 Å². The van der Waals surface area contributed by atoms with Gasteiger partial charge < -0.3 is 20.5 Å². The van der Waals surface area contributed by atoms with Crippen molar-refractivity contribution in [3.05, 3.63) is 61.2 Å². The first kappa shape index (κ1) is 29.3. The van der Waals surface area contributed by atoms with Crippen molar-refractivity contribution < 1.29 is 24.2 Å². The molecule has 3 N–H and O–H groups in total. The Kier molecular flexibility index (Phi) is 12.4. The van der Waals surface area contributed by atoms with Crippen molar-refractivity contribution in [2.24, 2.45) is 11.8 Å². The van der Waals surface area contributed by atoms with E-state index in [0.717, 1.165) is 31.2 Å². The molecular formula is C29H42N2O5. The summed E-state index contributed by atoms with van der Waals surface area (Å²) in [5.74, 6) is -1.67. The minimum Gasteiger partial charge on any atom is -0.463 e. The molecule has 0 bridgehead atoms. The number of nitrogens with one attached hydrogen (secondary N) is 2. The smallest absolute Gasteiger partial charge is 0.309 e. The summed E-state index contributed by atoms with van der Waals surface area (Å²) in [6.45, 7) is 9.15. The second-order valence-electron chi connectivity index (χ2n) is 9.91. The van der Waals surface area contributed by atoms with E-state index in [2.05, 4.69) is 23.8 Å². The number of hydrogen-bond acceptors (Lipinski definition) is 5. The van der Waals surface area contributed by atoms with Crippen LogP contribution in [0, 0.1) is 11.8 Å². The summed E-state index contributed by atoms with van der Waals surface area (Å²) in [7, 11) is 0. The lowest BCUT2D eigenvalue weighted by Crippen LogP contribution is -2.52. The molecule has 0 aromatic heterocycles. The molecule has 36 heavy (non-hydrogen) atoms. The maximum atomic E-state index is 13.2. The summed E-state index contributed by atoms with van der Waals surface area (Å²) < 4.78 is 5.83. The molecule has 1 saturated carbocycles. The molecule has 1 aliphatic rings. The molecule has 1 aromatic carbocycles. The van der Waals surface area contributed by atoms with Gasteiger partial charge in [0.1, 0.15) is 6.61 Å². The first-order valence-electron chi connectivity index (χ1n) is 13.0. The van der Waals surface area contributed by atoms with Crippen molar-refractivity contribution in [2.45, 2.75) is 76.3 Å². The fourth-order valence-corrected chi connectivity index (χ4v) is 4.66. The number of esters is 1. The Morgan fingerprint density at radius 3 is 2.42 bits per heavy atom. The van der Waals surface area contributed by atoms with Gasteiger partial charge in [0.05, 0.1) is 24.0 Å². The van der Waals surface area contributed by atoms with Crippen LogP contribution in [-0.2, 0) is 25.5 Å². The second-order valence-corrected chi connectivity index (χ2v) is 9.91. The Hall–Kier alpha value is -2.93. The molecule has 7 heteroatoms. The van der Waals surface area contributed by atoms with Crippen molar-refractivity contribution in [3.63, 3.8) is 0 Å². The first-order chi connectivity index (χ1) is 17.3. The zero-order valence-corrected chi connectivity index (χ0v) is 21.5. The molecular weight excluding hydrogens is 456 g/mol. The minimum atomic E-state index is -0.628. The Morgan fingerprint density at radius 2 is 1.81 bits per heavy atom. The fraction of sp³-hybridized carbons (Fsp3) is 0.552. The third-order valence-corrected chi connectivity index (χ3v) is 6.75. The molecule has 0 aliphatic heterocycles. The van der Waals surface area contributed by atoms with E-state index in [9.17, 15) is 19.5 Å². The molecule has 198 valence electrons. The standard InChI is InChI=1S/C29H42N2O5/c1-4-6-15-25(18-23-13-8-7-9-14-23)28(35)36-21-29(16-10-11-17-29)31-27(34)24(12-5-2)19-26(33)30-22(3)20-32/h4-5,7-9,13-14,22,24-25,32H,1-2,6,10-12,15-21H2,3H3,(H,30,33)(H,31,34)/t22-,24+,25+/m0/s1. The summed E-state index contributed by atoms with van der Waals surface area (Å²) in [6.07, 6.45) is 9.05. The molecule has 0 unspecified atom stereocenters. The number of benzene rings is 1. The van der Waals surface area contributed by atoms with Crippen molar-refractivity contribution in [2.75, 3.05) is 13.2 Å². The third kappa shape index (κ3) is 9.61. The molecule has 7 nitrogen and oxygen atoms in total. The van der Waals surface area contributed by atoms with Crippen LogP contribution in [0.3, 0.4) is 0 Å². The van der Waals surface area contributed by atoms with Gasteiger partial charge in [0, 0.05) is 12.5 Å². The van der Waals surface area contributed by atoms with E-state index in [-0.39, 0.29) is 49.4 Å². The molecule has 1 fully saturated rings. The highest BCUT2D eigenvalue weighted by atomic mass is 16.5. The number of rotatable bonds is 16. The molecule has 2 rings (SSSR count). The van der Waals surface area contributed by atoms with E-state index in [1.165, 1.54) is 0 Å². The van der Waals surface area contributed by atoms with Crippen LogP contribution in [0.1, 0.15) is 63.9 Å². The van der Waals surface area contributed by atoms with Crippen molar-refractivity contribution in [1.29, 1.82) is 0 Å². The Morgan fingerprint density at radius 1 is 1.11 bits per heavy atom. The monoisotopic (exact) mass is 498 g/mol. The summed E-state index contributed by atoms with van der Waals surface area (Å²) >= 11 is 0. The number of hydrogen-bond donors (Lipinski definition) is 3. The van der Waals surface area contributed by atoms with Gasteiger partial charge in [0.2, 0.25) is 11.8 Å². The summed E-state index contributed by atoms with van der Waals surface area (Å²) in [5, 5.41) is 15.0. The van der Waals surface area contributed by atoms with Crippen LogP contribution >= 0.6 is 0 Å². The Labute approximate surface area is 215 Å². The molecule has 1 aliphatic carbocycles. The van der Waals surface area contributed by atoms with E-state index >= 15 is 0 Å². The molecule has 0 spiro atoms. The van der Waals surface area contributed by atoms with E-state index in [1.807, 2.05) is 30.3 Å². The quantitative estimate of drug-likeness (QED) is 0.237. The maximum absolute atomic E-state index is 13.2. The Bertz CT molecular complexity index is 864. The van der Waals surface area contributed by atoms with E-state index in [0.29, 0.717) is 25.7 Å². The predicted octanol–water partition coefficient (Wildman–Crippen LogP) is 3.86. The van der Waals surface area contributed by atoms with Crippen LogP contribution in [-0.4, -0.2) is 47.7 Å². The van der Waals surface area contributed by atoms with Gasteiger partial charge in [-0.05, 0) is 51.0 Å². The van der Waals surface area contributed by atoms with Gasteiger partial charge >= 0.3 is 5.97 Å². The lowest BCUT2D eigenvalue weighted by Gasteiger charge is -2.32. The van der Waals surface area contributed by atoms with Gasteiger partial charge in [-0.2, -0.15) is 0 Å². The molecule has 2 amide bonds. The van der Waals surface area contributed by atoms with Gasteiger partial charge in [0.25, 0.3) is 0 Å². The number of aliphatic hydroxyl groups is 1. The average Bonchev–Trinajstić information content (AvgIpc) is 3.33. The number of allylic oxidation sites excluding steroid dienone is 2. The fourth-order valence-electron chi connectivity index (χ4n) is 4.66. The highest BCUT2D eigenvalue weighted by Gasteiger charge is 2.39. The van der Waals surface area contributed by atoms with Gasteiger partial charge in [-0.3, -0.25) is 14.4 Å². The SMILES string of the molecule is C=CCC[C@H](Cc1ccccc1)C(=O)OCC1(NC(=O)[C@H](CC=C)CC(=O)N[C@@H](C)CO)CCCC1. The highest BCUT2D eigenvalue weighted by Crippen LogP contribution is 2.31. The van der Waals surface area contributed by atoms with E-state index < -0.39 is 11.5 Å². The van der Waals surface area contributed by atoms with Crippen LogP contribution < -0.4 is 10.6 Å². The number of aliphatic hydroxyl groups excluding tert-OH is 1. The first-order valence-corrected chi connectivity index (χ1v) is 13.0. The summed E-state index contributed by atoms with van der Waals surface area (Å²) in [4.78, 5) is 38.6. The van der Waals surface area contributed by atoms with Gasteiger partial charge in [-0.15, -0.1) is 13.2 Å². The van der Waals surface area contributed by atoms with Gasteiger partial charge in [-0.1, -0.05) is 55.3 Å². The van der Waals surface area contributed by atoms with Crippen molar-refractivity contribution in [3.8, 4) is 0 Å². The predicted molar refractivity (Wildman–Crippen MR) is 141 cm³/mol. The minimum absolute atomic E-state index is 0.00123. The zero-order valence-electron chi connectivity index (χ0n) is 21.5. The molecule has 3 atom stereocenters. The largest absolute Gasteiger partial charge is 0.463 e. The van der Waals surface area contributed by atoms with Crippen LogP contribution in [0.15, 0.2) is 55.6 Å². The highest BCUT2D eigenvalue weighted by molar-refractivity contribution is 5.86. The van der Waals surface area contributed by atoms with Crippen LogP contribution in [0.25, 0.3) is 0 Å². The summed E-state index contributed by atoms with van der Waals surface area (Å²) in [6, 6.07) is 9.49. The molecule has 1 aromatic rings. The summed E-state index contributed by atoms with van der Waals surface area (Å²) in [5.41, 5.74) is 0.449. The van der Waals surface area contributed by atoms with Crippen molar-refractivity contribution in [1.82, 2.24) is 10.6 Å². The van der Waals surface area contributed by atoms with E-state index in [1.54, 1.807) is 19.1 Å². The van der Waals surface area contributed by atoms with Crippen LogP contribution in [0.2, 0.25) is 0 Å². The lowest BCUT2D eigenvalue weighted by atomic mass is 9.93. The van der Waals surface area contributed by atoms with Crippen molar-refractivity contribution >= 4 is 17.8 Å². The average molecular weight is 499 g/mol. The van der Waals surface area contributed by atoms with E-state index in [4.69, 9.17) is 4.74 Å². The number of ether oxygens (including phenoxy) is 1. The molecule has 0 saturated heterocycles. The number of carbonyl (C=O) groups excluding carboxylic acids is 3. The third-order valence-electron chi connectivity index (χ3n) is 6.75. The van der Waals surface area contributed by atoms with Gasteiger partial charge in [0.15, 0.2) is 0 Å². The zero-order chi connectivity index (χ0) is 26.4. The van der Waals surface area contributed by atoms with Crippen LogP contribution in [0.4, 0.5) is 0 Å². The Balaban J connectivity index is 2.03. The second kappa shape index (κ2) is 15.2. The van der Waals surface area contributed by atoms with Gasteiger partial charge in [-0.25, -0.2) is 0 Å². The number of carbonyl (C=O) groups is 3. The lowest BCUT2D eigenvalue weighted by molar-refractivity contribution is -0.152. The number of amides is 2. The maximum Gasteiger partial charge on any atom is 0.309 e. The normalized spacial score (nSPS) is 16.8. The molecule has 0 heterocycles. The van der Waals surface area contributed by atoms with Crippen LogP contribution in [0.5, 0.6) is 0 Å². The molecule has 0 radical (unpaired) electrons.